The Hall–Kier alpha value is -5.28. The lowest BCUT2D eigenvalue weighted by molar-refractivity contribution is 1.27. The monoisotopic (exact) mass is 533 g/mol. The summed E-state index contributed by atoms with van der Waals surface area (Å²) in [7, 11) is 3.57. The molecule has 0 fully saturated rings. The molecular weight excluding hydrogens is 498 g/mol. The predicted molar refractivity (Wildman–Crippen MR) is 179 cm³/mol. The van der Waals surface area contributed by atoms with Crippen LogP contribution in [0.15, 0.2) is 175 Å². The van der Waals surface area contributed by atoms with Gasteiger partial charge in [0, 0.05) is 42.3 Å². The van der Waals surface area contributed by atoms with Gasteiger partial charge in [-0.05, 0) is 58.7 Å². The molecule has 3 heteroatoms. The van der Waals surface area contributed by atoms with Gasteiger partial charge in [-0.15, -0.1) is 0 Å². The fourth-order valence-electron chi connectivity index (χ4n) is 4.82. The third-order valence-electron chi connectivity index (χ3n) is 6.78. The van der Waals surface area contributed by atoms with E-state index >= 15 is 0 Å². The van der Waals surface area contributed by atoms with Crippen molar-refractivity contribution < 1.29 is 0 Å². The Morgan fingerprint density at radius 3 is 1.68 bits per heavy atom. The quantitative estimate of drug-likeness (QED) is 0.139. The van der Waals surface area contributed by atoms with Gasteiger partial charge in [0.05, 0.1) is 11.4 Å². The molecule has 4 aromatic rings. The molecule has 0 aliphatic rings. The molecule has 4 aromatic carbocycles. The maximum absolute atomic E-state index is 4.59. The van der Waals surface area contributed by atoms with E-state index in [9.17, 15) is 0 Å². The SMILES string of the molecule is C=C/C=C(\C=C)C(=NC)c1cccc(N(c2ccc(-c3ccccc3)cc2)c2cccc(C(=NC)C(=C)C=C)c2)c1. The molecule has 0 aliphatic heterocycles. The van der Waals surface area contributed by atoms with E-state index in [-0.39, 0.29) is 0 Å². The van der Waals surface area contributed by atoms with Gasteiger partial charge >= 0.3 is 0 Å². The second kappa shape index (κ2) is 13.7. The lowest BCUT2D eigenvalue weighted by Crippen LogP contribution is -2.13. The van der Waals surface area contributed by atoms with Crippen LogP contribution in [0.4, 0.5) is 17.1 Å². The number of nitrogens with zero attached hydrogens (tertiary/aromatic N) is 3. The predicted octanol–water partition coefficient (Wildman–Crippen LogP) is 9.70. The lowest BCUT2D eigenvalue weighted by Gasteiger charge is -2.27. The second-order valence-corrected chi connectivity index (χ2v) is 9.28. The summed E-state index contributed by atoms with van der Waals surface area (Å²) in [5.74, 6) is 0. The van der Waals surface area contributed by atoms with Gasteiger partial charge in [-0.25, -0.2) is 0 Å². The van der Waals surface area contributed by atoms with Crippen molar-refractivity contribution in [1.82, 2.24) is 0 Å². The average Bonchev–Trinajstić information content (AvgIpc) is 3.02. The van der Waals surface area contributed by atoms with Crippen molar-refractivity contribution in [2.24, 2.45) is 9.98 Å². The normalized spacial score (nSPS) is 12.0. The third kappa shape index (κ3) is 6.48. The maximum atomic E-state index is 4.59. The van der Waals surface area contributed by atoms with Crippen molar-refractivity contribution in [2.75, 3.05) is 19.0 Å². The molecule has 0 bridgehead atoms. The van der Waals surface area contributed by atoms with E-state index in [2.05, 4.69) is 126 Å². The Bertz CT molecular complexity index is 1650. The fourth-order valence-corrected chi connectivity index (χ4v) is 4.82. The summed E-state index contributed by atoms with van der Waals surface area (Å²) >= 11 is 0. The van der Waals surface area contributed by atoms with E-state index in [1.807, 2.05) is 24.3 Å². The smallest absolute Gasteiger partial charge is 0.0716 e. The Balaban J connectivity index is 1.88. The maximum Gasteiger partial charge on any atom is 0.0716 e. The molecule has 0 spiro atoms. The summed E-state index contributed by atoms with van der Waals surface area (Å²) in [5.41, 5.74) is 10.6. The summed E-state index contributed by atoms with van der Waals surface area (Å²) in [6.45, 7) is 15.9. The first-order valence-electron chi connectivity index (χ1n) is 13.4. The van der Waals surface area contributed by atoms with Gasteiger partial charge in [0.1, 0.15) is 0 Å². The number of rotatable bonds is 11. The first-order valence-corrected chi connectivity index (χ1v) is 13.4. The third-order valence-corrected chi connectivity index (χ3v) is 6.78. The van der Waals surface area contributed by atoms with Gasteiger partial charge < -0.3 is 4.90 Å². The van der Waals surface area contributed by atoms with Crippen molar-refractivity contribution in [2.45, 2.75) is 0 Å². The first-order chi connectivity index (χ1) is 20.0. The molecule has 0 heterocycles. The Labute approximate surface area is 244 Å². The zero-order chi connectivity index (χ0) is 29.2. The minimum Gasteiger partial charge on any atom is -0.310 e. The highest BCUT2D eigenvalue weighted by molar-refractivity contribution is 6.15. The minimum absolute atomic E-state index is 0.778. The molecule has 202 valence electrons. The first kappa shape index (κ1) is 28.7. The van der Waals surface area contributed by atoms with Crippen molar-refractivity contribution >= 4 is 28.5 Å². The van der Waals surface area contributed by atoms with Crippen LogP contribution >= 0.6 is 0 Å². The topological polar surface area (TPSA) is 28.0 Å². The lowest BCUT2D eigenvalue weighted by atomic mass is 9.99. The number of anilines is 3. The molecule has 0 unspecified atom stereocenters. The van der Waals surface area contributed by atoms with Crippen molar-refractivity contribution in [3.8, 4) is 11.1 Å². The van der Waals surface area contributed by atoms with E-state index in [1.165, 1.54) is 5.56 Å². The Morgan fingerprint density at radius 1 is 0.610 bits per heavy atom. The molecule has 0 aliphatic carbocycles. The highest BCUT2D eigenvalue weighted by Crippen LogP contribution is 2.37. The standard InChI is InChI=1S/C38H35N3/c1-7-15-29(9-3)38(40-6)33-19-14-21-36(27-33)41(34-24-22-31(23-25-34)30-16-11-10-12-17-30)35-20-13-18-32(26-35)37(39-5)28(4)8-2/h7-27H,1-4H2,5-6H3/b29-15+,39-37?,40-38?. The molecule has 3 nitrogen and oxygen atoms in total. The Morgan fingerprint density at radius 2 is 1.17 bits per heavy atom. The largest absolute Gasteiger partial charge is 0.310 e. The molecule has 0 aromatic heterocycles. The fraction of sp³-hybridized carbons (Fsp3) is 0.0526. The van der Waals surface area contributed by atoms with Crippen LogP contribution in [0.3, 0.4) is 0 Å². The van der Waals surface area contributed by atoms with E-state index in [0.29, 0.717) is 0 Å². The summed E-state index contributed by atoms with van der Waals surface area (Å²) in [4.78, 5) is 11.3. The zero-order valence-electron chi connectivity index (χ0n) is 23.8. The van der Waals surface area contributed by atoms with Gasteiger partial charge in [-0.3, -0.25) is 9.98 Å². The second-order valence-electron chi connectivity index (χ2n) is 9.28. The van der Waals surface area contributed by atoms with Gasteiger partial charge in [0.15, 0.2) is 0 Å². The number of benzene rings is 4. The molecule has 0 atom stereocenters. The molecule has 4 rings (SSSR count). The van der Waals surface area contributed by atoms with Crippen LogP contribution in [0.1, 0.15) is 11.1 Å². The van der Waals surface area contributed by atoms with Crippen LogP contribution in [0, 0.1) is 0 Å². The van der Waals surface area contributed by atoms with Gasteiger partial charge in [0.2, 0.25) is 0 Å². The van der Waals surface area contributed by atoms with E-state index < -0.39 is 0 Å². The van der Waals surface area contributed by atoms with Crippen LogP contribution in [0.25, 0.3) is 11.1 Å². The van der Waals surface area contributed by atoms with Crippen LogP contribution in [-0.2, 0) is 0 Å². The molecule has 0 saturated heterocycles. The van der Waals surface area contributed by atoms with Gasteiger partial charge in [-0.2, -0.15) is 0 Å². The number of hydrogen-bond acceptors (Lipinski definition) is 3. The van der Waals surface area contributed by atoms with Crippen molar-refractivity contribution in [3.05, 3.63) is 176 Å². The van der Waals surface area contributed by atoms with Crippen LogP contribution in [0.5, 0.6) is 0 Å². The molecule has 0 N–H and O–H groups in total. The summed E-state index contributed by atoms with van der Waals surface area (Å²) < 4.78 is 0. The van der Waals surface area contributed by atoms with Gasteiger partial charge in [0.25, 0.3) is 0 Å². The van der Waals surface area contributed by atoms with Crippen molar-refractivity contribution in [1.29, 1.82) is 0 Å². The Kier molecular flexibility index (Phi) is 9.58. The zero-order valence-corrected chi connectivity index (χ0v) is 23.8. The molecule has 0 radical (unpaired) electrons. The minimum atomic E-state index is 0.778. The number of hydrogen-bond donors (Lipinski definition) is 0. The summed E-state index contributed by atoms with van der Waals surface area (Å²) in [6.07, 6.45) is 7.21. The highest BCUT2D eigenvalue weighted by Gasteiger charge is 2.17. The highest BCUT2D eigenvalue weighted by atomic mass is 15.1. The van der Waals surface area contributed by atoms with Crippen LogP contribution < -0.4 is 4.90 Å². The van der Waals surface area contributed by atoms with Crippen LogP contribution in [-0.4, -0.2) is 25.5 Å². The molecule has 0 amide bonds. The molecule has 0 saturated carbocycles. The molecular formula is C38H35N3. The van der Waals surface area contributed by atoms with Crippen LogP contribution in [0.2, 0.25) is 0 Å². The number of allylic oxidation sites excluding steroid dienone is 6. The summed E-state index contributed by atoms with van der Waals surface area (Å²) in [5, 5.41) is 0. The summed E-state index contributed by atoms with van der Waals surface area (Å²) in [6, 6.07) is 35.7. The van der Waals surface area contributed by atoms with Crippen molar-refractivity contribution in [3.63, 3.8) is 0 Å². The van der Waals surface area contributed by atoms with E-state index in [0.717, 1.165) is 56.3 Å². The number of aliphatic imine (C=N–C) groups is 2. The van der Waals surface area contributed by atoms with E-state index in [1.54, 1.807) is 32.3 Å². The molecule has 41 heavy (non-hydrogen) atoms. The average molecular weight is 534 g/mol. The van der Waals surface area contributed by atoms with E-state index in [4.69, 9.17) is 0 Å². The van der Waals surface area contributed by atoms with Gasteiger partial charge in [-0.1, -0.05) is 117 Å².